The van der Waals surface area contributed by atoms with Gasteiger partial charge in [0.2, 0.25) is 0 Å². The Bertz CT molecular complexity index is 334. The van der Waals surface area contributed by atoms with Gasteiger partial charge >= 0.3 is 0 Å². The molecule has 4 nitrogen and oxygen atoms in total. The Kier molecular flexibility index (Phi) is 7.32. The Balaban J connectivity index is 4.28. The highest BCUT2D eigenvalue weighted by Gasteiger charge is 2.11. The molecule has 0 rings (SSSR count). The van der Waals surface area contributed by atoms with Gasteiger partial charge in [-0.2, -0.15) is 0 Å². The summed E-state index contributed by atoms with van der Waals surface area (Å²) in [5.41, 5.74) is 1.69. The summed E-state index contributed by atoms with van der Waals surface area (Å²) in [5.74, 6) is 0.0136. The van der Waals surface area contributed by atoms with Crippen molar-refractivity contribution in [2.75, 3.05) is 13.1 Å². The van der Waals surface area contributed by atoms with Crippen LogP contribution in [0.2, 0.25) is 0 Å². The van der Waals surface area contributed by atoms with Crippen LogP contribution in [0, 0.1) is 11.8 Å². The van der Waals surface area contributed by atoms with Gasteiger partial charge in [0.1, 0.15) is 11.6 Å². The van der Waals surface area contributed by atoms with Crippen molar-refractivity contribution in [2.45, 2.75) is 41.5 Å². The first-order valence-corrected chi connectivity index (χ1v) is 6.30. The number of Topliss-reactive ketones (excluding diaryl/α,β-unsaturated/α-hetero) is 2. The number of aliphatic imine (C=N–C) groups is 2. The molecule has 0 fully saturated rings. The molecular formula is C14H24N2O2. The van der Waals surface area contributed by atoms with E-state index in [9.17, 15) is 9.59 Å². The van der Waals surface area contributed by atoms with E-state index in [0.29, 0.717) is 13.1 Å². The highest BCUT2D eigenvalue weighted by atomic mass is 16.1. The average molecular weight is 252 g/mol. The number of carbonyl (C=O) groups is 2. The van der Waals surface area contributed by atoms with Crippen molar-refractivity contribution >= 4 is 23.0 Å². The van der Waals surface area contributed by atoms with E-state index >= 15 is 0 Å². The topological polar surface area (TPSA) is 58.9 Å². The van der Waals surface area contributed by atoms with Gasteiger partial charge in [-0.3, -0.25) is 19.6 Å². The average Bonchev–Trinajstić information content (AvgIpc) is 2.31. The molecule has 102 valence electrons. The van der Waals surface area contributed by atoms with Crippen molar-refractivity contribution in [3.05, 3.63) is 0 Å². The SMILES string of the molecule is CC(=O)[C@@H](C)C(C)=NCCN=C(C)[C@@H](C)C(C)=O. The molecule has 0 aromatic carbocycles. The van der Waals surface area contributed by atoms with Crippen molar-refractivity contribution in [2.24, 2.45) is 21.8 Å². The first kappa shape index (κ1) is 16.7. The van der Waals surface area contributed by atoms with E-state index in [4.69, 9.17) is 0 Å². The summed E-state index contributed by atoms with van der Waals surface area (Å²) in [4.78, 5) is 30.9. The summed E-state index contributed by atoms with van der Waals surface area (Å²) in [6, 6.07) is 0. The fourth-order valence-corrected chi connectivity index (χ4v) is 1.31. The van der Waals surface area contributed by atoms with Crippen LogP contribution in [-0.2, 0) is 9.59 Å². The Morgan fingerprint density at radius 1 is 0.778 bits per heavy atom. The minimum absolute atomic E-state index is 0.119. The summed E-state index contributed by atoms with van der Waals surface area (Å²) < 4.78 is 0. The summed E-state index contributed by atoms with van der Waals surface area (Å²) in [7, 11) is 0. The first-order chi connectivity index (χ1) is 8.27. The standard InChI is InChI=1S/C14H24N2O2/c1-9(13(5)17)11(3)15-7-8-16-12(4)10(2)14(6)18/h9-10H,7-8H2,1-6H3/t9-,10+. The van der Waals surface area contributed by atoms with Gasteiger partial charge in [0.15, 0.2) is 0 Å². The predicted octanol–water partition coefficient (Wildman–Crippen LogP) is 2.36. The molecule has 0 aromatic rings. The van der Waals surface area contributed by atoms with E-state index < -0.39 is 0 Å². The van der Waals surface area contributed by atoms with E-state index in [-0.39, 0.29) is 23.4 Å². The molecule has 18 heavy (non-hydrogen) atoms. The maximum Gasteiger partial charge on any atom is 0.138 e. The van der Waals surface area contributed by atoms with Gasteiger partial charge in [0.05, 0.1) is 24.9 Å². The Morgan fingerprint density at radius 2 is 1.06 bits per heavy atom. The largest absolute Gasteiger partial charge is 0.299 e. The second-order valence-corrected chi connectivity index (χ2v) is 4.71. The van der Waals surface area contributed by atoms with E-state index in [1.165, 1.54) is 0 Å². The molecule has 0 aliphatic carbocycles. The van der Waals surface area contributed by atoms with Crippen LogP contribution < -0.4 is 0 Å². The molecule has 0 aliphatic heterocycles. The number of carbonyl (C=O) groups excluding carboxylic acids is 2. The number of hydrogen-bond donors (Lipinski definition) is 0. The zero-order valence-corrected chi connectivity index (χ0v) is 12.3. The molecule has 0 aliphatic rings. The Morgan fingerprint density at radius 3 is 1.28 bits per heavy atom. The lowest BCUT2D eigenvalue weighted by Gasteiger charge is -2.08. The smallest absolute Gasteiger partial charge is 0.138 e. The van der Waals surface area contributed by atoms with Crippen LogP contribution in [0.4, 0.5) is 0 Å². The normalized spacial score (nSPS) is 16.3. The van der Waals surface area contributed by atoms with E-state index in [2.05, 4.69) is 9.98 Å². The maximum absolute atomic E-state index is 11.1. The van der Waals surface area contributed by atoms with Crippen molar-refractivity contribution < 1.29 is 9.59 Å². The van der Waals surface area contributed by atoms with Gasteiger partial charge in [0.25, 0.3) is 0 Å². The monoisotopic (exact) mass is 252 g/mol. The van der Waals surface area contributed by atoms with Gasteiger partial charge in [0, 0.05) is 11.4 Å². The molecule has 0 bridgehead atoms. The second kappa shape index (κ2) is 7.90. The number of rotatable bonds is 7. The highest BCUT2D eigenvalue weighted by Crippen LogP contribution is 2.02. The first-order valence-electron chi connectivity index (χ1n) is 6.30. The third-order valence-corrected chi connectivity index (χ3v) is 3.30. The summed E-state index contributed by atoms with van der Waals surface area (Å²) in [6.07, 6.45) is 0. The van der Waals surface area contributed by atoms with Crippen molar-refractivity contribution in [3.63, 3.8) is 0 Å². The van der Waals surface area contributed by atoms with Crippen LogP contribution in [0.3, 0.4) is 0 Å². The highest BCUT2D eigenvalue weighted by molar-refractivity contribution is 6.03. The minimum Gasteiger partial charge on any atom is -0.299 e. The molecule has 0 unspecified atom stereocenters. The van der Waals surface area contributed by atoms with Crippen LogP contribution in [0.15, 0.2) is 9.98 Å². The minimum atomic E-state index is -0.119. The van der Waals surface area contributed by atoms with Crippen molar-refractivity contribution in [1.29, 1.82) is 0 Å². The molecule has 0 heterocycles. The van der Waals surface area contributed by atoms with Crippen molar-refractivity contribution in [3.8, 4) is 0 Å². The van der Waals surface area contributed by atoms with Gasteiger partial charge in [-0.1, -0.05) is 13.8 Å². The van der Waals surface area contributed by atoms with Gasteiger partial charge < -0.3 is 0 Å². The predicted molar refractivity (Wildman–Crippen MR) is 75.6 cm³/mol. The zero-order valence-electron chi connectivity index (χ0n) is 12.3. The van der Waals surface area contributed by atoms with Crippen LogP contribution >= 0.6 is 0 Å². The molecule has 0 radical (unpaired) electrons. The molecule has 0 saturated carbocycles. The Hall–Kier alpha value is -1.32. The molecule has 0 amide bonds. The van der Waals surface area contributed by atoms with E-state index in [0.717, 1.165) is 11.4 Å². The summed E-state index contributed by atoms with van der Waals surface area (Å²) in [5, 5.41) is 0. The van der Waals surface area contributed by atoms with Gasteiger partial charge in [-0.15, -0.1) is 0 Å². The fourth-order valence-electron chi connectivity index (χ4n) is 1.31. The zero-order chi connectivity index (χ0) is 14.3. The van der Waals surface area contributed by atoms with Crippen LogP contribution in [0.1, 0.15) is 41.5 Å². The molecule has 2 atom stereocenters. The molecule has 0 N–H and O–H groups in total. The van der Waals surface area contributed by atoms with E-state index in [1.54, 1.807) is 13.8 Å². The summed E-state index contributed by atoms with van der Waals surface area (Å²) >= 11 is 0. The molecule has 0 spiro atoms. The number of ketones is 2. The second-order valence-electron chi connectivity index (χ2n) is 4.71. The van der Waals surface area contributed by atoms with Crippen LogP contribution in [-0.4, -0.2) is 36.1 Å². The third-order valence-electron chi connectivity index (χ3n) is 3.30. The Labute approximate surface area is 110 Å². The molecule has 4 heteroatoms. The fraction of sp³-hybridized carbons (Fsp3) is 0.714. The number of hydrogen-bond acceptors (Lipinski definition) is 4. The maximum atomic E-state index is 11.1. The molecule has 0 aromatic heterocycles. The lowest BCUT2D eigenvalue weighted by molar-refractivity contribution is -0.119. The third kappa shape index (κ3) is 5.84. The summed E-state index contributed by atoms with van der Waals surface area (Å²) in [6.45, 7) is 11.7. The molecular weight excluding hydrogens is 228 g/mol. The van der Waals surface area contributed by atoms with Gasteiger partial charge in [-0.25, -0.2) is 0 Å². The number of nitrogens with zero attached hydrogens (tertiary/aromatic N) is 2. The molecule has 0 saturated heterocycles. The quantitative estimate of drug-likeness (QED) is 0.516. The van der Waals surface area contributed by atoms with Crippen molar-refractivity contribution in [1.82, 2.24) is 0 Å². The van der Waals surface area contributed by atoms with Crippen LogP contribution in [0.25, 0.3) is 0 Å². The van der Waals surface area contributed by atoms with E-state index in [1.807, 2.05) is 27.7 Å². The van der Waals surface area contributed by atoms with Crippen LogP contribution in [0.5, 0.6) is 0 Å². The lowest BCUT2D eigenvalue weighted by Crippen LogP contribution is -2.17. The van der Waals surface area contributed by atoms with Gasteiger partial charge in [-0.05, 0) is 27.7 Å². The lowest BCUT2D eigenvalue weighted by atomic mass is 10.0.